The average Bonchev–Trinajstić information content (AvgIpc) is 3.32. The Morgan fingerprint density at radius 3 is 2.60 bits per heavy atom. The molecule has 30 heavy (non-hydrogen) atoms. The van der Waals surface area contributed by atoms with Crippen molar-refractivity contribution < 1.29 is 21.9 Å². The molecule has 3 aromatic rings. The smallest absolute Gasteiger partial charge is 0.268 e. The van der Waals surface area contributed by atoms with E-state index in [2.05, 4.69) is 19.9 Å². The van der Waals surface area contributed by atoms with E-state index in [-0.39, 0.29) is 23.6 Å². The molecule has 0 unspecified atom stereocenters. The number of benzene rings is 1. The van der Waals surface area contributed by atoms with Crippen molar-refractivity contribution in [2.45, 2.75) is 42.6 Å². The number of halogens is 2. The van der Waals surface area contributed by atoms with Gasteiger partial charge in [-0.25, -0.2) is 22.2 Å². The van der Waals surface area contributed by atoms with E-state index in [0.29, 0.717) is 12.2 Å². The lowest BCUT2D eigenvalue weighted by Gasteiger charge is -2.31. The third kappa shape index (κ3) is 4.10. The monoisotopic (exact) mass is 455 g/mol. The number of nitrogens with one attached hydrogen (secondary N) is 2. The van der Waals surface area contributed by atoms with Crippen molar-refractivity contribution in [1.82, 2.24) is 15.2 Å². The van der Waals surface area contributed by atoms with Crippen LogP contribution in [0.3, 0.4) is 0 Å². The summed E-state index contributed by atoms with van der Waals surface area (Å²) in [5, 5.41) is 8.05. The van der Waals surface area contributed by atoms with Gasteiger partial charge < -0.3 is 10.5 Å². The second-order valence-corrected chi connectivity index (χ2v) is 9.31. The van der Waals surface area contributed by atoms with Crippen LogP contribution in [0.1, 0.15) is 37.2 Å². The Labute approximate surface area is 175 Å². The van der Waals surface area contributed by atoms with E-state index in [0.717, 1.165) is 48.3 Å². The standard InChI is InChI=1S/C18H19F2N5O3S2/c19-13-5-10(6-14(20)17(13)30(26,27)25-16-8-29-9-22-16)28-15-4-2-1-3-11(15)12-7-23-24-18(12)21/h5-9,11,15,25H,1-4H2,(H3,21,23,24)/t11-,15+/m1/s1. The van der Waals surface area contributed by atoms with Crippen LogP contribution >= 0.6 is 11.3 Å². The summed E-state index contributed by atoms with van der Waals surface area (Å²) in [5.74, 6) is -2.31. The van der Waals surface area contributed by atoms with Crippen molar-refractivity contribution >= 4 is 33.0 Å². The summed E-state index contributed by atoms with van der Waals surface area (Å²) in [7, 11) is -4.49. The molecule has 2 heterocycles. The summed E-state index contributed by atoms with van der Waals surface area (Å²) in [6.45, 7) is 0. The van der Waals surface area contributed by atoms with Crippen LogP contribution in [0, 0.1) is 11.6 Å². The van der Waals surface area contributed by atoms with Gasteiger partial charge in [0.15, 0.2) is 10.7 Å². The van der Waals surface area contributed by atoms with Gasteiger partial charge in [0, 0.05) is 35.2 Å². The zero-order chi connectivity index (χ0) is 21.3. The highest BCUT2D eigenvalue weighted by Crippen LogP contribution is 2.38. The minimum atomic E-state index is -4.49. The highest BCUT2D eigenvalue weighted by atomic mass is 32.2. The molecular weight excluding hydrogens is 436 g/mol. The quantitative estimate of drug-likeness (QED) is 0.522. The summed E-state index contributed by atoms with van der Waals surface area (Å²) in [6.07, 6.45) is 4.66. The van der Waals surface area contributed by atoms with Crippen LogP contribution < -0.4 is 15.2 Å². The third-order valence-electron chi connectivity index (χ3n) is 5.00. The predicted molar refractivity (Wildman–Crippen MR) is 108 cm³/mol. The van der Waals surface area contributed by atoms with Gasteiger partial charge in [-0.1, -0.05) is 6.42 Å². The summed E-state index contributed by atoms with van der Waals surface area (Å²) in [6, 6.07) is 1.76. The second kappa shape index (κ2) is 8.19. The molecule has 1 saturated carbocycles. The minimum Gasteiger partial charge on any atom is -0.490 e. The highest BCUT2D eigenvalue weighted by Gasteiger charge is 2.32. The normalized spacial score (nSPS) is 19.5. The summed E-state index contributed by atoms with van der Waals surface area (Å²) in [5.41, 5.74) is 8.10. The van der Waals surface area contributed by atoms with E-state index in [4.69, 9.17) is 10.5 Å². The number of rotatable bonds is 6. The number of aromatic nitrogens is 3. The molecule has 1 aliphatic rings. The maximum atomic E-state index is 14.6. The Morgan fingerprint density at radius 2 is 1.97 bits per heavy atom. The van der Waals surface area contributed by atoms with Crippen molar-refractivity contribution in [3.8, 4) is 5.75 Å². The van der Waals surface area contributed by atoms with Gasteiger partial charge in [0.2, 0.25) is 0 Å². The molecule has 0 spiro atoms. The van der Waals surface area contributed by atoms with Gasteiger partial charge in [0.1, 0.15) is 29.3 Å². The largest absolute Gasteiger partial charge is 0.490 e. The third-order valence-corrected chi connectivity index (χ3v) is 6.99. The fourth-order valence-electron chi connectivity index (χ4n) is 3.69. The molecule has 1 fully saturated rings. The van der Waals surface area contributed by atoms with Gasteiger partial charge in [-0.2, -0.15) is 5.10 Å². The Kier molecular flexibility index (Phi) is 5.60. The Bertz CT molecular complexity index is 1110. The molecule has 0 radical (unpaired) electrons. The fourth-order valence-corrected chi connectivity index (χ4v) is 5.37. The molecule has 0 bridgehead atoms. The van der Waals surface area contributed by atoms with Gasteiger partial charge in [-0.15, -0.1) is 11.3 Å². The summed E-state index contributed by atoms with van der Waals surface area (Å²) >= 11 is 1.14. The Morgan fingerprint density at radius 1 is 1.23 bits per heavy atom. The summed E-state index contributed by atoms with van der Waals surface area (Å²) in [4.78, 5) is 2.68. The molecule has 0 saturated heterocycles. The molecule has 0 aliphatic heterocycles. The van der Waals surface area contributed by atoms with Gasteiger partial charge in [-0.3, -0.25) is 9.82 Å². The lowest BCUT2D eigenvalue weighted by molar-refractivity contribution is 0.129. The fraction of sp³-hybridized carbons (Fsp3) is 0.333. The number of aromatic amines is 1. The van der Waals surface area contributed by atoms with Crippen molar-refractivity contribution in [3.63, 3.8) is 0 Å². The SMILES string of the molecule is Nc1n[nH]cc1[C@H]1CCCC[C@@H]1Oc1cc(F)c(S(=O)(=O)Nc2cscn2)c(F)c1. The number of nitrogen functional groups attached to an aromatic ring is 1. The first-order valence-corrected chi connectivity index (χ1v) is 11.6. The molecule has 1 aromatic carbocycles. The van der Waals surface area contributed by atoms with E-state index in [9.17, 15) is 17.2 Å². The first-order valence-electron chi connectivity index (χ1n) is 9.21. The van der Waals surface area contributed by atoms with E-state index >= 15 is 0 Å². The van der Waals surface area contributed by atoms with Crippen LogP contribution in [0.15, 0.2) is 34.1 Å². The van der Waals surface area contributed by atoms with Crippen molar-refractivity contribution in [2.75, 3.05) is 10.5 Å². The number of nitrogens with zero attached hydrogens (tertiary/aromatic N) is 2. The van der Waals surface area contributed by atoms with Gasteiger partial charge in [0.25, 0.3) is 10.0 Å². The lowest BCUT2D eigenvalue weighted by atomic mass is 9.82. The molecular formula is C18H19F2N5O3S2. The average molecular weight is 456 g/mol. The number of thiazole rings is 1. The molecule has 0 amide bonds. The molecule has 1 aliphatic carbocycles. The maximum absolute atomic E-state index is 14.6. The summed E-state index contributed by atoms with van der Waals surface area (Å²) < 4.78 is 62.0. The maximum Gasteiger partial charge on any atom is 0.268 e. The number of anilines is 2. The molecule has 4 N–H and O–H groups in total. The van der Waals surface area contributed by atoms with E-state index < -0.39 is 26.6 Å². The van der Waals surface area contributed by atoms with Crippen LogP contribution in [0.5, 0.6) is 5.75 Å². The minimum absolute atomic E-state index is 0.0122. The van der Waals surface area contributed by atoms with Crippen LogP contribution in [0.25, 0.3) is 0 Å². The zero-order valence-corrected chi connectivity index (χ0v) is 17.3. The number of nitrogens with two attached hydrogens (primary N) is 1. The number of ether oxygens (including phenoxy) is 1. The highest BCUT2D eigenvalue weighted by molar-refractivity contribution is 7.92. The van der Waals surface area contributed by atoms with Crippen molar-refractivity contribution in [1.29, 1.82) is 0 Å². The van der Waals surface area contributed by atoms with E-state index in [1.807, 2.05) is 0 Å². The molecule has 8 nitrogen and oxygen atoms in total. The first-order chi connectivity index (χ1) is 14.3. The van der Waals surface area contributed by atoms with Crippen LogP contribution in [0.2, 0.25) is 0 Å². The second-order valence-electron chi connectivity index (χ2n) is 6.97. The van der Waals surface area contributed by atoms with Crippen LogP contribution in [-0.2, 0) is 10.0 Å². The molecule has 2 aromatic heterocycles. The first kappa shape index (κ1) is 20.5. The number of sulfonamides is 1. The van der Waals surface area contributed by atoms with Crippen molar-refractivity contribution in [2.24, 2.45) is 0 Å². The number of H-pyrrole nitrogens is 1. The van der Waals surface area contributed by atoms with E-state index in [1.54, 1.807) is 6.20 Å². The Balaban J connectivity index is 1.59. The van der Waals surface area contributed by atoms with Gasteiger partial charge in [-0.05, 0) is 19.3 Å². The number of hydrogen-bond acceptors (Lipinski definition) is 7. The predicted octanol–water partition coefficient (Wildman–Crippen LogP) is 3.63. The topological polar surface area (TPSA) is 123 Å². The van der Waals surface area contributed by atoms with Gasteiger partial charge >= 0.3 is 0 Å². The van der Waals surface area contributed by atoms with Crippen LogP contribution in [-0.4, -0.2) is 29.7 Å². The molecule has 12 heteroatoms. The van der Waals surface area contributed by atoms with Crippen molar-refractivity contribution in [3.05, 3.63) is 46.4 Å². The van der Waals surface area contributed by atoms with Gasteiger partial charge in [0.05, 0.1) is 5.51 Å². The zero-order valence-electron chi connectivity index (χ0n) is 15.6. The number of hydrogen-bond donors (Lipinski definition) is 3. The van der Waals surface area contributed by atoms with E-state index in [1.165, 1.54) is 10.9 Å². The molecule has 2 atom stereocenters. The van der Waals surface area contributed by atoms with Crippen LogP contribution in [0.4, 0.5) is 20.4 Å². The lowest BCUT2D eigenvalue weighted by Crippen LogP contribution is -2.29. The Hall–Kier alpha value is -2.73. The molecule has 160 valence electrons. The molecule has 4 rings (SSSR count).